The number of amides is 1. The molecule has 1 fully saturated rings. The van der Waals surface area contributed by atoms with Crippen molar-refractivity contribution in [2.75, 3.05) is 0 Å². The Morgan fingerprint density at radius 2 is 1.93 bits per heavy atom. The van der Waals surface area contributed by atoms with Crippen molar-refractivity contribution in [3.8, 4) is 0 Å². The lowest BCUT2D eigenvalue weighted by molar-refractivity contribution is -0.118. The van der Waals surface area contributed by atoms with Gasteiger partial charge in [0.1, 0.15) is 5.76 Å². The van der Waals surface area contributed by atoms with Gasteiger partial charge in [0.25, 0.3) is 5.91 Å². The molecule has 30 heavy (non-hydrogen) atoms. The fraction of sp³-hybridized carbons (Fsp3) is 0.609. The maximum absolute atomic E-state index is 12.8. The Labute approximate surface area is 180 Å². The van der Waals surface area contributed by atoms with Crippen molar-refractivity contribution in [2.45, 2.75) is 89.2 Å². The number of nitrogens with one attached hydrogen (secondary N) is 2. The molecule has 0 aromatic carbocycles. The zero-order valence-corrected chi connectivity index (χ0v) is 19.2. The first kappa shape index (κ1) is 22.8. The number of sulfonamides is 1. The SMILES string of the molecule is CC1=CC(OC2CCCC2)=CCC1(C)NC(=O)C1=CCC(NS(=O)(=O)C(C)C)C=C1. The highest BCUT2D eigenvalue weighted by molar-refractivity contribution is 7.90. The van der Waals surface area contributed by atoms with E-state index < -0.39 is 20.8 Å². The Kier molecular flexibility index (Phi) is 6.92. The number of hydrogen-bond donors (Lipinski definition) is 2. The maximum atomic E-state index is 12.8. The largest absolute Gasteiger partial charge is 0.491 e. The van der Waals surface area contributed by atoms with Crippen molar-refractivity contribution in [3.63, 3.8) is 0 Å². The average Bonchev–Trinajstić information content (AvgIpc) is 3.18. The van der Waals surface area contributed by atoms with Gasteiger partial charge in [0.15, 0.2) is 0 Å². The molecule has 0 saturated heterocycles. The molecule has 2 atom stereocenters. The summed E-state index contributed by atoms with van der Waals surface area (Å²) in [7, 11) is -3.35. The summed E-state index contributed by atoms with van der Waals surface area (Å²) in [5, 5.41) is 2.66. The van der Waals surface area contributed by atoms with Crippen molar-refractivity contribution >= 4 is 15.9 Å². The third-order valence-electron chi connectivity index (χ3n) is 6.23. The lowest BCUT2D eigenvalue weighted by Gasteiger charge is -2.35. The highest BCUT2D eigenvalue weighted by atomic mass is 32.2. The van der Waals surface area contributed by atoms with E-state index in [0.29, 0.717) is 24.5 Å². The number of carbonyl (C=O) groups excluding carboxylic acids is 1. The highest BCUT2D eigenvalue weighted by Crippen LogP contribution is 2.31. The van der Waals surface area contributed by atoms with E-state index in [2.05, 4.69) is 16.1 Å². The molecular formula is C23H34N2O4S. The minimum absolute atomic E-state index is 0.153. The molecule has 166 valence electrons. The van der Waals surface area contributed by atoms with Crippen LogP contribution in [0.15, 0.2) is 47.3 Å². The monoisotopic (exact) mass is 434 g/mol. The van der Waals surface area contributed by atoms with Gasteiger partial charge in [0.05, 0.1) is 16.9 Å². The quantitative estimate of drug-likeness (QED) is 0.641. The maximum Gasteiger partial charge on any atom is 0.251 e. The topological polar surface area (TPSA) is 84.5 Å². The lowest BCUT2D eigenvalue weighted by Crippen LogP contribution is -2.48. The van der Waals surface area contributed by atoms with Gasteiger partial charge in [-0.25, -0.2) is 13.1 Å². The van der Waals surface area contributed by atoms with Gasteiger partial charge in [0, 0.05) is 11.6 Å². The number of rotatable bonds is 7. The molecule has 0 aromatic heterocycles. The minimum Gasteiger partial charge on any atom is -0.491 e. The van der Waals surface area contributed by atoms with Crippen molar-refractivity contribution in [3.05, 3.63) is 47.3 Å². The van der Waals surface area contributed by atoms with Crippen LogP contribution in [0, 0.1) is 0 Å². The fourth-order valence-corrected chi connectivity index (χ4v) is 4.74. The first-order valence-corrected chi connectivity index (χ1v) is 12.4. The molecule has 3 aliphatic carbocycles. The molecule has 0 heterocycles. The second kappa shape index (κ2) is 9.10. The summed E-state index contributed by atoms with van der Waals surface area (Å²) < 4.78 is 32.8. The van der Waals surface area contributed by atoms with Crippen LogP contribution in [-0.2, 0) is 19.6 Å². The van der Waals surface area contributed by atoms with E-state index in [4.69, 9.17) is 4.74 Å². The van der Waals surface area contributed by atoms with Crippen LogP contribution in [0.5, 0.6) is 0 Å². The molecule has 0 aliphatic heterocycles. The predicted octanol–water partition coefficient (Wildman–Crippen LogP) is 3.64. The predicted molar refractivity (Wildman–Crippen MR) is 119 cm³/mol. The van der Waals surface area contributed by atoms with E-state index in [9.17, 15) is 13.2 Å². The molecule has 0 bridgehead atoms. The van der Waals surface area contributed by atoms with E-state index in [0.717, 1.165) is 24.2 Å². The highest BCUT2D eigenvalue weighted by Gasteiger charge is 2.32. The molecule has 2 N–H and O–H groups in total. The summed E-state index contributed by atoms with van der Waals surface area (Å²) in [6.45, 7) is 7.32. The van der Waals surface area contributed by atoms with Crippen LogP contribution in [0.3, 0.4) is 0 Å². The van der Waals surface area contributed by atoms with Gasteiger partial charge in [-0.1, -0.05) is 18.2 Å². The van der Waals surface area contributed by atoms with Crippen molar-refractivity contribution in [2.24, 2.45) is 0 Å². The molecule has 0 radical (unpaired) electrons. The zero-order valence-electron chi connectivity index (χ0n) is 18.4. The first-order chi connectivity index (χ1) is 14.1. The Balaban J connectivity index is 1.56. The Hall–Kier alpha value is -1.86. The van der Waals surface area contributed by atoms with E-state index in [1.807, 2.05) is 19.9 Å². The van der Waals surface area contributed by atoms with Crippen LogP contribution in [0.4, 0.5) is 0 Å². The molecular weight excluding hydrogens is 400 g/mol. The third kappa shape index (κ3) is 5.43. The van der Waals surface area contributed by atoms with Crippen LogP contribution >= 0.6 is 0 Å². The average molecular weight is 435 g/mol. The van der Waals surface area contributed by atoms with E-state index in [1.54, 1.807) is 32.1 Å². The molecule has 2 unspecified atom stereocenters. The molecule has 7 heteroatoms. The van der Waals surface area contributed by atoms with Gasteiger partial charge in [0.2, 0.25) is 10.0 Å². The summed E-state index contributed by atoms with van der Waals surface area (Å²) in [4.78, 5) is 12.8. The van der Waals surface area contributed by atoms with E-state index in [-0.39, 0.29) is 11.9 Å². The smallest absolute Gasteiger partial charge is 0.251 e. The van der Waals surface area contributed by atoms with Gasteiger partial charge < -0.3 is 10.1 Å². The minimum atomic E-state index is -3.35. The van der Waals surface area contributed by atoms with Gasteiger partial charge >= 0.3 is 0 Å². The van der Waals surface area contributed by atoms with Gasteiger partial charge in [-0.3, -0.25) is 4.79 Å². The number of ether oxygens (including phenoxy) is 1. The lowest BCUT2D eigenvalue weighted by atomic mass is 9.84. The number of allylic oxidation sites excluding steroid dienone is 1. The number of hydrogen-bond acceptors (Lipinski definition) is 4. The number of carbonyl (C=O) groups is 1. The summed E-state index contributed by atoms with van der Waals surface area (Å²) in [5.41, 5.74) is 1.15. The van der Waals surface area contributed by atoms with E-state index >= 15 is 0 Å². The summed E-state index contributed by atoms with van der Waals surface area (Å²) in [6.07, 6.45) is 15.5. The first-order valence-electron chi connectivity index (χ1n) is 10.9. The van der Waals surface area contributed by atoms with Crippen molar-refractivity contribution in [1.82, 2.24) is 10.0 Å². The van der Waals surface area contributed by atoms with Crippen molar-refractivity contribution < 1.29 is 17.9 Å². The standard InChI is InChI=1S/C23H34N2O4S/c1-16(2)30(27,28)25-19-11-9-18(10-12-19)22(26)24-23(4)14-13-21(15-17(23)3)29-20-7-5-6-8-20/h9-11,13,15-16,19-20,25H,5-8,12,14H2,1-4H3,(H,24,26). The molecule has 3 aliphatic rings. The van der Waals surface area contributed by atoms with Crippen LogP contribution < -0.4 is 10.0 Å². The summed E-state index contributed by atoms with van der Waals surface area (Å²) in [5.74, 6) is 0.753. The van der Waals surface area contributed by atoms with Crippen LogP contribution in [0.1, 0.15) is 66.2 Å². The van der Waals surface area contributed by atoms with E-state index in [1.165, 1.54) is 12.8 Å². The zero-order chi connectivity index (χ0) is 21.9. The molecule has 1 saturated carbocycles. The Morgan fingerprint density at radius 3 is 2.50 bits per heavy atom. The normalized spacial score (nSPS) is 27.5. The van der Waals surface area contributed by atoms with Crippen LogP contribution in [0.2, 0.25) is 0 Å². The van der Waals surface area contributed by atoms with Crippen LogP contribution in [-0.4, -0.2) is 37.3 Å². The molecule has 0 spiro atoms. The second-order valence-electron chi connectivity index (χ2n) is 9.02. The fourth-order valence-electron chi connectivity index (χ4n) is 3.87. The second-order valence-corrected chi connectivity index (χ2v) is 11.3. The van der Waals surface area contributed by atoms with Gasteiger partial charge in [-0.2, -0.15) is 0 Å². The molecule has 6 nitrogen and oxygen atoms in total. The molecule has 0 aromatic rings. The summed E-state index contributed by atoms with van der Waals surface area (Å²) >= 11 is 0. The molecule has 3 rings (SSSR count). The van der Waals surface area contributed by atoms with Crippen LogP contribution in [0.25, 0.3) is 0 Å². The van der Waals surface area contributed by atoms with Gasteiger partial charge in [-0.15, -0.1) is 0 Å². The van der Waals surface area contributed by atoms with Crippen molar-refractivity contribution in [1.29, 1.82) is 0 Å². The summed E-state index contributed by atoms with van der Waals surface area (Å²) in [6, 6.07) is -0.320. The third-order valence-corrected chi connectivity index (χ3v) is 8.11. The Bertz CT molecular complexity index is 892. The Morgan fingerprint density at radius 1 is 1.23 bits per heavy atom. The van der Waals surface area contributed by atoms with Gasteiger partial charge in [-0.05, 0) is 83.9 Å². The molecule has 1 amide bonds.